The van der Waals surface area contributed by atoms with Gasteiger partial charge in [-0.3, -0.25) is 4.79 Å². The Morgan fingerprint density at radius 2 is 1.74 bits per heavy atom. The van der Waals surface area contributed by atoms with E-state index in [1.807, 2.05) is 42.5 Å². The molecule has 2 aromatic rings. The van der Waals surface area contributed by atoms with Gasteiger partial charge in [0.05, 0.1) is 12.5 Å². The lowest BCUT2D eigenvalue weighted by atomic mass is 9.94. The van der Waals surface area contributed by atoms with E-state index in [2.05, 4.69) is 25.2 Å². The summed E-state index contributed by atoms with van der Waals surface area (Å²) in [5.41, 5.74) is 2.78. The molecule has 1 N–H and O–H groups in total. The molecule has 0 spiro atoms. The zero-order valence-electron chi connectivity index (χ0n) is 13.9. The summed E-state index contributed by atoms with van der Waals surface area (Å²) in [6.07, 6.45) is 1.80. The third-order valence-corrected chi connectivity index (χ3v) is 4.66. The van der Waals surface area contributed by atoms with Gasteiger partial charge in [-0.05, 0) is 48.1 Å². The quantitative estimate of drug-likeness (QED) is 0.883. The number of hydrogen-bond donors (Lipinski definition) is 1. The monoisotopic (exact) mass is 309 g/mol. The van der Waals surface area contributed by atoms with Crippen LogP contribution >= 0.6 is 0 Å². The largest absolute Gasteiger partial charge is 0.497 e. The van der Waals surface area contributed by atoms with Gasteiger partial charge in [-0.2, -0.15) is 0 Å². The minimum Gasteiger partial charge on any atom is -0.497 e. The number of nitrogens with one attached hydrogen (secondary N) is 1. The van der Waals surface area contributed by atoms with E-state index in [1.54, 1.807) is 7.11 Å². The second-order valence-electron chi connectivity index (χ2n) is 6.51. The number of benzene rings is 2. The van der Waals surface area contributed by atoms with Gasteiger partial charge in [-0.1, -0.05) is 44.2 Å². The summed E-state index contributed by atoms with van der Waals surface area (Å²) >= 11 is 0. The second-order valence-corrected chi connectivity index (χ2v) is 6.51. The molecule has 0 saturated heterocycles. The number of ether oxygens (including phenoxy) is 1. The fourth-order valence-corrected chi connectivity index (χ4v) is 3.04. The molecule has 1 aliphatic carbocycles. The van der Waals surface area contributed by atoms with Gasteiger partial charge >= 0.3 is 0 Å². The Kier molecular flexibility index (Phi) is 4.12. The van der Waals surface area contributed by atoms with Crippen LogP contribution in [0.3, 0.4) is 0 Å². The van der Waals surface area contributed by atoms with Crippen molar-refractivity contribution < 1.29 is 9.53 Å². The van der Waals surface area contributed by atoms with Gasteiger partial charge < -0.3 is 10.1 Å². The third kappa shape index (κ3) is 2.96. The zero-order valence-corrected chi connectivity index (χ0v) is 13.9. The van der Waals surface area contributed by atoms with Gasteiger partial charge in [0.2, 0.25) is 5.91 Å². The molecule has 0 aliphatic heterocycles. The third-order valence-electron chi connectivity index (χ3n) is 4.66. The Bertz CT molecular complexity index is 700. The highest BCUT2D eigenvalue weighted by Crippen LogP contribution is 2.49. The number of para-hydroxylation sites is 1. The van der Waals surface area contributed by atoms with Crippen LogP contribution in [0.15, 0.2) is 48.5 Å². The Labute approximate surface area is 137 Å². The molecule has 2 aromatic carbocycles. The van der Waals surface area contributed by atoms with E-state index >= 15 is 0 Å². The molecule has 120 valence electrons. The smallest absolute Gasteiger partial charge is 0.235 e. The highest BCUT2D eigenvalue weighted by Gasteiger charge is 2.51. The van der Waals surface area contributed by atoms with Crippen LogP contribution < -0.4 is 10.1 Å². The minimum atomic E-state index is -0.379. The van der Waals surface area contributed by atoms with Crippen molar-refractivity contribution in [1.82, 2.24) is 0 Å². The van der Waals surface area contributed by atoms with E-state index in [0.717, 1.165) is 29.8 Å². The molecule has 23 heavy (non-hydrogen) atoms. The molecule has 1 fully saturated rings. The van der Waals surface area contributed by atoms with Crippen molar-refractivity contribution in [1.29, 1.82) is 0 Å². The minimum absolute atomic E-state index is 0.0933. The van der Waals surface area contributed by atoms with Crippen LogP contribution in [-0.2, 0) is 10.2 Å². The number of methoxy groups -OCH3 is 1. The van der Waals surface area contributed by atoms with Gasteiger partial charge in [0.1, 0.15) is 5.75 Å². The fourth-order valence-electron chi connectivity index (χ4n) is 3.04. The number of carbonyl (C=O) groups excluding carboxylic acids is 1. The van der Waals surface area contributed by atoms with E-state index in [1.165, 1.54) is 5.56 Å². The Hall–Kier alpha value is -2.29. The number of carbonyl (C=O) groups is 1. The number of anilines is 1. The molecule has 0 atom stereocenters. The van der Waals surface area contributed by atoms with Crippen molar-refractivity contribution in [2.75, 3.05) is 12.4 Å². The van der Waals surface area contributed by atoms with Crippen molar-refractivity contribution in [3.05, 3.63) is 59.7 Å². The molecule has 0 unspecified atom stereocenters. The standard InChI is InChI=1S/C20H23NO2/c1-14(2)17-6-4-5-7-18(17)21-19(22)20(12-13-20)15-8-10-16(23-3)11-9-15/h4-11,14H,12-13H2,1-3H3,(H,21,22). The van der Waals surface area contributed by atoms with Crippen LogP contribution in [0.25, 0.3) is 0 Å². The molecule has 3 heteroatoms. The summed E-state index contributed by atoms with van der Waals surface area (Å²) in [4.78, 5) is 12.9. The van der Waals surface area contributed by atoms with Gasteiger partial charge in [-0.15, -0.1) is 0 Å². The maximum atomic E-state index is 12.9. The molecule has 0 bridgehead atoms. The maximum absolute atomic E-state index is 12.9. The summed E-state index contributed by atoms with van der Waals surface area (Å²) < 4.78 is 5.20. The van der Waals surface area contributed by atoms with Crippen molar-refractivity contribution >= 4 is 11.6 Å². The lowest BCUT2D eigenvalue weighted by molar-refractivity contribution is -0.118. The molecular weight excluding hydrogens is 286 g/mol. The van der Waals surface area contributed by atoms with Crippen LogP contribution in [0.1, 0.15) is 43.7 Å². The van der Waals surface area contributed by atoms with E-state index in [0.29, 0.717) is 5.92 Å². The predicted molar refractivity (Wildman–Crippen MR) is 93.1 cm³/mol. The number of amides is 1. The topological polar surface area (TPSA) is 38.3 Å². The first-order valence-electron chi connectivity index (χ1n) is 8.12. The van der Waals surface area contributed by atoms with Crippen molar-refractivity contribution in [2.24, 2.45) is 0 Å². The molecular formula is C20H23NO2. The molecule has 0 heterocycles. The van der Waals surface area contributed by atoms with E-state index in [-0.39, 0.29) is 11.3 Å². The van der Waals surface area contributed by atoms with E-state index in [4.69, 9.17) is 4.74 Å². The average molecular weight is 309 g/mol. The summed E-state index contributed by atoms with van der Waals surface area (Å²) in [6.45, 7) is 4.28. The molecule has 0 radical (unpaired) electrons. The Morgan fingerprint density at radius 1 is 1.09 bits per heavy atom. The van der Waals surface area contributed by atoms with Crippen LogP contribution in [0, 0.1) is 0 Å². The molecule has 1 aliphatic rings. The molecule has 3 nitrogen and oxygen atoms in total. The number of hydrogen-bond acceptors (Lipinski definition) is 2. The fraction of sp³-hybridized carbons (Fsp3) is 0.350. The highest BCUT2D eigenvalue weighted by molar-refractivity contribution is 6.01. The first kappa shape index (κ1) is 15.6. The number of rotatable bonds is 5. The normalized spacial score (nSPS) is 15.3. The van der Waals surface area contributed by atoms with Crippen molar-refractivity contribution in [2.45, 2.75) is 38.0 Å². The van der Waals surface area contributed by atoms with E-state index < -0.39 is 0 Å². The van der Waals surface area contributed by atoms with Crippen molar-refractivity contribution in [3.8, 4) is 5.75 Å². The lowest BCUT2D eigenvalue weighted by Gasteiger charge is -2.19. The predicted octanol–water partition coefficient (Wildman–Crippen LogP) is 4.49. The molecule has 1 saturated carbocycles. The van der Waals surface area contributed by atoms with Crippen LogP contribution in [0.5, 0.6) is 5.75 Å². The van der Waals surface area contributed by atoms with Gasteiger partial charge in [0.15, 0.2) is 0 Å². The molecule has 1 amide bonds. The van der Waals surface area contributed by atoms with Crippen molar-refractivity contribution in [3.63, 3.8) is 0 Å². The van der Waals surface area contributed by atoms with Gasteiger partial charge in [-0.25, -0.2) is 0 Å². The Morgan fingerprint density at radius 3 is 2.30 bits per heavy atom. The van der Waals surface area contributed by atoms with Crippen LogP contribution in [-0.4, -0.2) is 13.0 Å². The first-order valence-corrected chi connectivity index (χ1v) is 8.12. The van der Waals surface area contributed by atoms with Gasteiger partial charge in [0, 0.05) is 5.69 Å². The first-order chi connectivity index (χ1) is 11.1. The van der Waals surface area contributed by atoms with E-state index in [9.17, 15) is 4.79 Å². The summed E-state index contributed by atoms with van der Waals surface area (Å²) in [7, 11) is 1.65. The van der Waals surface area contributed by atoms with Crippen LogP contribution in [0.2, 0.25) is 0 Å². The highest BCUT2D eigenvalue weighted by atomic mass is 16.5. The molecule has 0 aromatic heterocycles. The molecule has 3 rings (SSSR count). The Balaban J connectivity index is 1.83. The average Bonchev–Trinajstić information content (AvgIpc) is 3.37. The van der Waals surface area contributed by atoms with Crippen LogP contribution in [0.4, 0.5) is 5.69 Å². The zero-order chi connectivity index (χ0) is 16.4. The summed E-state index contributed by atoms with van der Waals surface area (Å²) in [6, 6.07) is 15.9. The second kappa shape index (κ2) is 6.07. The summed E-state index contributed by atoms with van der Waals surface area (Å²) in [5.74, 6) is 1.29. The van der Waals surface area contributed by atoms with Gasteiger partial charge in [0.25, 0.3) is 0 Å². The summed E-state index contributed by atoms with van der Waals surface area (Å²) in [5, 5.41) is 3.15. The SMILES string of the molecule is COc1ccc(C2(C(=O)Nc3ccccc3C(C)C)CC2)cc1. The lowest BCUT2D eigenvalue weighted by Crippen LogP contribution is -2.28. The maximum Gasteiger partial charge on any atom is 0.235 e.